The minimum Gasteiger partial charge on any atom is -0.481 e. The van der Waals surface area contributed by atoms with Crippen molar-refractivity contribution in [3.05, 3.63) is 35.4 Å². The van der Waals surface area contributed by atoms with Crippen LogP contribution in [0.2, 0.25) is 0 Å². The molecule has 1 saturated heterocycles. The predicted molar refractivity (Wildman–Crippen MR) is 76.7 cm³/mol. The van der Waals surface area contributed by atoms with Crippen molar-refractivity contribution in [3.8, 4) is 0 Å². The number of fused-ring (bicyclic) bond motifs is 1. The lowest BCUT2D eigenvalue weighted by Crippen LogP contribution is -2.40. The fourth-order valence-electron chi connectivity index (χ4n) is 3.72. The van der Waals surface area contributed by atoms with Gasteiger partial charge in [-0.1, -0.05) is 24.3 Å². The number of aliphatic carboxylic acids is 1. The van der Waals surface area contributed by atoms with E-state index in [1.54, 1.807) is 0 Å². The number of benzene rings is 1. The maximum absolute atomic E-state index is 11.9. The van der Waals surface area contributed by atoms with Crippen molar-refractivity contribution in [3.63, 3.8) is 0 Å². The van der Waals surface area contributed by atoms with Crippen molar-refractivity contribution in [2.45, 2.75) is 57.7 Å². The smallest absolute Gasteiger partial charge is 0.310 e. The van der Waals surface area contributed by atoms with Crippen LogP contribution in [-0.4, -0.2) is 23.3 Å². The number of hydrogen-bond acceptors (Lipinski definition) is 2. The topological polar surface area (TPSA) is 46.5 Å². The predicted octanol–water partition coefficient (Wildman–Crippen LogP) is 3.20. The van der Waals surface area contributed by atoms with Gasteiger partial charge in [-0.25, -0.2) is 0 Å². The first-order chi connectivity index (χ1) is 9.59. The molecule has 1 aliphatic heterocycles. The summed E-state index contributed by atoms with van der Waals surface area (Å²) in [5, 5.41) is 9.79. The summed E-state index contributed by atoms with van der Waals surface area (Å²) in [6.07, 6.45) is 5.34. The van der Waals surface area contributed by atoms with Gasteiger partial charge in [0.1, 0.15) is 0 Å². The van der Waals surface area contributed by atoms with E-state index in [9.17, 15) is 9.90 Å². The van der Waals surface area contributed by atoms with Crippen LogP contribution in [0.1, 0.15) is 43.7 Å². The molecular formula is C17H22O3. The summed E-state index contributed by atoms with van der Waals surface area (Å²) in [6, 6.07) is 8.23. The number of carboxylic acid groups (broad SMARTS) is 1. The first kappa shape index (κ1) is 13.6. The molecule has 3 atom stereocenters. The van der Waals surface area contributed by atoms with E-state index in [0.29, 0.717) is 12.8 Å². The standard InChI is InChI=1S/C17H22O3/c1-12-6-7-15(20-12)11-17(16(18)19)9-8-13-4-2-3-5-14(13)10-17/h2-5,12,15H,6-11H2,1H3,(H,18,19). The molecule has 0 bridgehead atoms. The van der Waals surface area contributed by atoms with Crippen LogP contribution in [-0.2, 0) is 22.4 Å². The molecule has 2 aliphatic rings. The molecule has 20 heavy (non-hydrogen) atoms. The number of rotatable bonds is 3. The summed E-state index contributed by atoms with van der Waals surface area (Å²) in [6.45, 7) is 2.07. The number of hydrogen-bond donors (Lipinski definition) is 1. The molecule has 108 valence electrons. The van der Waals surface area contributed by atoms with E-state index in [4.69, 9.17) is 4.74 Å². The third-order valence-corrected chi connectivity index (χ3v) is 4.91. The molecule has 1 aromatic carbocycles. The van der Waals surface area contributed by atoms with E-state index in [-0.39, 0.29) is 12.2 Å². The summed E-state index contributed by atoms with van der Waals surface area (Å²) in [5.74, 6) is -0.657. The second-order valence-corrected chi connectivity index (χ2v) is 6.38. The molecule has 0 amide bonds. The number of aryl methyl sites for hydroxylation is 1. The van der Waals surface area contributed by atoms with Crippen molar-refractivity contribution >= 4 is 5.97 Å². The highest BCUT2D eigenvalue weighted by Gasteiger charge is 2.44. The normalized spacial score (nSPS) is 32.9. The van der Waals surface area contributed by atoms with Crippen molar-refractivity contribution in [1.82, 2.24) is 0 Å². The van der Waals surface area contributed by atoms with Crippen LogP contribution >= 0.6 is 0 Å². The van der Waals surface area contributed by atoms with E-state index < -0.39 is 11.4 Å². The largest absolute Gasteiger partial charge is 0.481 e. The third-order valence-electron chi connectivity index (χ3n) is 4.91. The van der Waals surface area contributed by atoms with Gasteiger partial charge in [0, 0.05) is 0 Å². The van der Waals surface area contributed by atoms with Gasteiger partial charge >= 0.3 is 5.97 Å². The Balaban J connectivity index is 1.81. The van der Waals surface area contributed by atoms with Gasteiger partial charge in [-0.15, -0.1) is 0 Å². The monoisotopic (exact) mass is 274 g/mol. The lowest BCUT2D eigenvalue weighted by molar-refractivity contribution is -0.152. The number of carboxylic acids is 1. The average Bonchev–Trinajstić information content (AvgIpc) is 2.83. The summed E-state index contributed by atoms with van der Waals surface area (Å²) >= 11 is 0. The molecule has 1 aromatic rings. The highest BCUT2D eigenvalue weighted by molar-refractivity contribution is 5.75. The Hall–Kier alpha value is -1.35. The zero-order valence-corrected chi connectivity index (χ0v) is 12.0. The SMILES string of the molecule is CC1CCC(CC2(C(=O)O)CCc3ccccc3C2)O1. The van der Waals surface area contributed by atoms with Gasteiger partial charge in [-0.05, 0) is 56.6 Å². The Morgan fingerprint density at radius 3 is 2.75 bits per heavy atom. The van der Waals surface area contributed by atoms with Crippen molar-refractivity contribution < 1.29 is 14.6 Å². The quantitative estimate of drug-likeness (QED) is 0.920. The van der Waals surface area contributed by atoms with Gasteiger partial charge < -0.3 is 9.84 Å². The van der Waals surface area contributed by atoms with E-state index >= 15 is 0 Å². The van der Waals surface area contributed by atoms with Gasteiger partial charge in [0.15, 0.2) is 0 Å². The molecule has 3 nitrogen and oxygen atoms in total. The molecule has 1 fully saturated rings. The first-order valence-electron chi connectivity index (χ1n) is 7.55. The molecule has 3 rings (SSSR count). The van der Waals surface area contributed by atoms with Gasteiger partial charge in [0.2, 0.25) is 0 Å². The lowest BCUT2D eigenvalue weighted by Gasteiger charge is -2.36. The summed E-state index contributed by atoms with van der Waals surface area (Å²) in [4.78, 5) is 11.9. The molecule has 0 saturated carbocycles. The highest BCUT2D eigenvalue weighted by Crippen LogP contribution is 2.42. The zero-order chi connectivity index (χ0) is 14.2. The Morgan fingerprint density at radius 2 is 2.10 bits per heavy atom. The van der Waals surface area contributed by atoms with Crippen molar-refractivity contribution in [1.29, 1.82) is 0 Å². The highest BCUT2D eigenvalue weighted by atomic mass is 16.5. The van der Waals surface area contributed by atoms with E-state index in [1.165, 1.54) is 11.1 Å². The van der Waals surface area contributed by atoms with Gasteiger partial charge in [-0.3, -0.25) is 4.79 Å². The van der Waals surface area contributed by atoms with Crippen LogP contribution in [0.3, 0.4) is 0 Å². The van der Waals surface area contributed by atoms with Crippen LogP contribution in [0.5, 0.6) is 0 Å². The van der Waals surface area contributed by atoms with Crippen LogP contribution in [0.4, 0.5) is 0 Å². The zero-order valence-electron chi connectivity index (χ0n) is 12.0. The maximum atomic E-state index is 11.9. The Kier molecular flexibility index (Phi) is 3.55. The van der Waals surface area contributed by atoms with Gasteiger partial charge in [0.05, 0.1) is 17.6 Å². The first-order valence-corrected chi connectivity index (χ1v) is 7.55. The molecule has 0 radical (unpaired) electrons. The van der Waals surface area contributed by atoms with Crippen LogP contribution in [0.25, 0.3) is 0 Å². The summed E-state index contributed by atoms with van der Waals surface area (Å²) in [5.41, 5.74) is 1.88. The summed E-state index contributed by atoms with van der Waals surface area (Å²) in [7, 11) is 0. The molecule has 1 heterocycles. The van der Waals surface area contributed by atoms with Crippen LogP contribution < -0.4 is 0 Å². The summed E-state index contributed by atoms with van der Waals surface area (Å²) < 4.78 is 5.86. The van der Waals surface area contributed by atoms with Crippen LogP contribution in [0, 0.1) is 5.41 Å². The second-order valence-electron chi connectivity index (χ2n) is 6.38. The maximum Gasteiger partial charge on any atom is 0.310 e. The molecule has 3 heteroatoms. The molecule has 1 N–H and O–H groups in total. The molecule has 3 unspecified atom stereocenters. The van der Waals surface area contributed by atoms with Gasteiger partial charge in [0.25, 0.3) is 0 Å². The van der Waals surface area contributed by atoms with Gasteiger partial charge in [-0.2, -0.15) is 0 Å². The van der Waals surface area contributed by atoms with Crippen molar-refractivity contribution in [2.75, 3.05) is 0 Å². The second kappa shape index (κ2) is 5.21. The van der Waals surface area contributed by atoms with Crippen LogP contribution in [0.15, 0.2) is 24.3 Å². The Bertz CT molecular complexity index is 511. The molecule has 0 spiro atoms. The van der Waals surface area contributed by atoms with E-state index in [2.05, 4.69) is 19.1 Å². The third kappa shape index (κ3) is 2.47. The fourth-order valence-corrected chi connectivity index (χ4v) is 3.72. The lowest BCUT2D eigenvalue weighted by atomic mass is 9.68. The number of carbonyl (C=O) groups is 1. The Labute approximate surface area is 120 Å². The molecular weight excluding hydrogens is 252 g/mol. The van der Waals surface area contributed by atoms with Crippen molar-refractivity contribution in [2.24, 2.45) is 5.41 Å². The minimum atomic E-state index is -0.657. The average molecular weight is 274 g/mol. The molecule has 0 aromatic heterocycles. The van der Waals surface area contributed by atoms with E-state index in [0.717, 1.165) is 25.7 Å². The van der Waals surface area contributed by atoms with E-state index in [1.807, 2.05) is 12.1 Å². The Morgan fingerprint density at radius 1 is 1.35 bits per heavy atom. The minimum absolute atomic E-state index is 0.117. The number of ether oxygens (including phenoxy) is 1. The molecule has 1 aliphatic carbocycles. The fraction of sp³-hybridized carbons (Fsp3) is 0.588.